The molecule has 1 heterocycles. The van der Waals surface area contributed by atoms with Gasteiger partial charge in [-0.25, -0.2) is 0 Å². The van der Waals surface area contributed by atoms with Crippen molar-refractivity contribution in [2.24, 2.45) is 5.92 Å². The quantitative estimate of drug-likeness (QED) is 0.724. The van der Waals surface area contributed by atoms with E-state index < -0.39 is 0 Å². The average molecular weight is 361 g/mol. The molecule has 1 aromatic heterocycles. The smallest absolute Gasteiger partial charge is 0.0607 e. The minimum absolute atomic E-state index is 0.115. The summed E-state index contributed by atoms with van der Waals surface area (Å²) >= 11 is 0. The summed E-state index contributed by atoms with van der Waals surface area (Å²) in [6.07, 6.45) is 8.30. The van der Waals surface area contributed by atoms with Gasteiger partial charge in [0.1, 0.15) is 0 Å². The van der Waals surface area contributed by atoms with Crippen LogP contribution in [-0.2, 0) is 11.8 Å². The number of aryl methyl sites for hydroxylation is 2. The number of fused-ring (bicyclic) bond motifs is 4. The molecule has 3 aliphatic rings. The number of benzene rings is 1. The Hall–Kier alpha value is -2.13. The van der Waals surface area contributed by atoms with Gasteiger partial charge < -0.3 is 10.4 Å². The van der Waals surface area contributed by atoms with Crippen molar-refractivity contribution in [3.8, 4) is 0 Å². The van der Waals surface area contributed by atoms with Crippen LogP contribution in [0.25, 0.3) is 0 Å². The van der Waals surface area contributed by atoms with Crippen molar-refractivity contribution in [1.82, 2.24) is 4.98 Å². The van der Waals surface area contributed by atoms with Crippen molar-refractivity contribution in [2.45, 2.75) is 63.9 Å². The van der Waals surface area contributed by atoms with Crippen LogP contribution in [0.2, 0.25) is 0 Å². The van der Waals surface area contributed by atoms with Crippen molar-refractivity contribution < 1.29 is 5.11 Å². The van der Waals surface area contributed by atoms with Gasteiger partial charge in [-0.2, -0.15) is 0 Å². The van der Waals surface area contributed by atoms with Crippen LogP contribution in [0.3, 0.4) is 0 Å². The number of aliphatic hydroxyl groups excluding tert-OH is 1. The van der Waals surface area contributed by atoms with Gasteiger partial charge >= 0.3 is 0 Å². The number of pyridine rings is 1. The topological polar surface area (TPSA) is 45.2 Å². The Labute approximate surface area is 161 Å². The number of anilines is 2. The summed E-state index contributed by atoms with van der Waals surface area (Å²) in [4.78, 5) is 4.38. The largest absolute Gasteiger partial charge is 0.393 e. The van der Waals surface area contributed by atoms with Gasteiger partial charge in [0, 0.05) is 17.3 Å². The van der Waals surface area contributed by atoms with Crippen molar-refractivity contribution in [2.75, 3.05) is 5.32 Å². The van der Waals surface area contributed by atoms with Crippen LogP contribution < -0.4 is 5.32 Å². The third-order valence-corrected chi connectivity index (χ3v) is 7.18. The van der Waals surface area contributed by atoms with Crippen LogP contribution in [0, 0.1) is 12.8 Å². The zero-order valence-electron chi connectivity index (χ0n) is 16.3. The van der Waals surface area contributed by atoms with E-state index in [1.807, 2.05) is 19.2 Å². The average Bonchev–Trinajstić information content (AvgIpc) is 3.03. The predicted octanol–water partition coefficient (Wildman–Crippen LogP) is 5.20. The second kappa shape index (κ2) is 6.20. The molecule has 0 bridgehead atoms. The third-order valence-electron chi connectivity index (χ3n) is 7.18. The summed E-state index contributed by atoms with van der Waals surface area (Å²) < 4.78 is 0. The molecule has 0 radical (unpaired) electrons. The molecule has 2 N–H and O–H groups in total. The molecule has 140 valence electrons. The highest BCUT2D eigenvalue weighted by molar-refractivity contribution is 5.64. The highest BCUT2D eigenvalue weighted by Gasteiger charge is 2.45. The van der Waals surface area contributed by atoms with Gasteiger partial charge in [-0.15, -0.1) is 0 Å². The van der Waals surface area contributed by atoms with E-state index in [2.05, 4.69) is 41.5 Å². The molecule has 1 fully saturated rings. The lowest BCUT2D eigenvalue weighted by atomic mass is 9.60. The molecule has 3 heteroatoms. The first-order valence-electron chi connectivity index (χ1n) is 10.3. The van der Waals surface area contributed by atoms with E-state index in [4.69, 9.17) is 0 Å². The Morgan fingerprint density at radius 2 is 2.11 bits per heavy atom. The molecular formula is C24H28N2O. The van der Waals surface area contributed by atoms with Gasteiger partial charge in [-0.1, -0.05) is 24.1 Å². The molecule has 0 spiro atoms. The zero-order valence-corrected chi connectivity index (χ0v) is 16.3. The van der Waals surface area contributed by atoms with E-state index in [1.165, 1.54) is 24.0 Å². The van der Waals surface area contributed by atoms with Gasteiger partial charge in [0.15, 0.2) is 0 Å². The number of hydrogen-bond donors (Lipinski definition) is 2. The Bertz CT molecular complexity index is 932. The molecule has 0 saturated heterocycles. The van der Waals surface area contributed by atoms with E-state index in [0.29, 0.717) is 5.92 Å². The number of nitrogens with one attached hydrogen (secondary N) is 1. The molecule has 3 nitrogen and oxygen atoms in total. The normalized spacial score (nSPS) is 29.1. The highest BCUT2D eigenvalue weighted by atomic mass is 16.3. The van der Waals surface area contributed by atoms with E-state index in [1.54, 1.807) is 11.1 Å². The molecule has 0 aliphatic heterocycles. The predicted molar refractivity (Wildman–Crippen MR) is 109 cm³/mol. The lowest BCUT2D eigenvalue weighted by Crippen LogP contribution is -2.35. The van der Waals surface area contributed by atoms with Crippen molar-refractivity contribution in [1.29, 1.82) is 0 Å². The highest BCUT2D eigenvalue weighted by Crippen LogP contribution is 2.54. The minimum Gasteiger partial charge on any atom is -0.393 e. The molecule has 1 saturated carbocycles. The van der Waals surface area contributed by atoms with Gasteiger partial charge in [0.25, 0.3) is 0 Å². The number of allylic oxidation sites excluding steroid dienone is 1. The molecule has 27 heavy (non-hydrogen) atoms. The molecule has 3 unspecified atom stereocenters. The Balaban J connectivity index is 1.51. The Kier molecular flexibility index (Phi) is 3.90. The third kappa shape index (κ3) is 2.71. The van der Waals surface area contributed by atoms with Gasteiger partial charge in [-0.3, -0.25) is 4.98 Å². The molecule has 5 rings (SSSR count). The summed E-state index contributed by atoms with van der Waals surface area (Å²) in [5.41, 5.74) is 9.62. The van der Waals surface area contributed by atoms with Gasteiger partial charge in [0.2, 0.25) is 0 Å². The summed E-state index contributed by atoms with van der Waals surface area (Å²) in [7, 11) is 0. The summed E-state index contributed by atoms with van der Waals surface area (Å²) in [6.45, 7) is 4.47. The number of aromatic nitrogens is 1. The van der Waals surface area contributed by atoms with Crippen LogP contribution in [0.15, 0.2) is 47.7 Å². The lowest BCUT2D eigenvalue weighted by Gasteiger charge is -2.44. The second-order valence-electron chi connectivity index (χ2n) is 8.80. The fourth-order valence-corrected chi connectivity index (χ4v) is 5.79. The van der Waals surface area contributed by atoms with E-state index in [-0.39, 0.29) is 11.5 Å². The molecule has 1 aromatic carbocycles. The first-order valence-corrected chi connectivity index (χ1v) is 10.3. The molecule has 3 aliphatic carbocycles. The molecule has 0 amide bonds. The maximum Gasteiger partial charge on any atom is 0.0607 e. The number of aliphatic hydroxyl groups is 1. The summed E-state index contributed by atoms with van der Waals surface area (Å²) in [5.74, 6) is 0.638. The molecule has 3 atom stereocenters. The molecule has 2 aromatic rings. The van der Waals surface area contributed by atoms with Crippen LogP contribution in [0.4, 0.5) is 11.4 Å². The van der Waals surface area contributed by atoms with Crippen LogP contribution >= 0.6 is 0 Å². The zero-order chi connectivity index (χ0) is 18.6. The van der Waals surface area contributed by atoms with E-state index in [9.17, 15) is 5.11 Å². The maximum absolute atomic E-state index is 10.2. The van der Waals surface area contributed by atoms with Gasteiger partial charge in [0.05, 0.1) is 17.5 Å². The maximum atomic E-state index is 10.2. The fraction of sp³-hybridized carbons (Fsp3) is 0.458. The summed E-state index contributed by atoms with van der Waals surface area (Å²) in [6, 6.07) is 11.0. The summed E-state index contributed by atoms with van der Waals surface area (Å²) in [5, 5.41) is 13.7. The lowest BCUT2D eigenvalue weighted by molar-refractivity contribution is 0.177. The number of nitrogens with zero attached hydrogens (tertiary/aromatic N) is 1. The van der Waals surface area contributed by atoms with Crippen LogP contribution in [0.1, 0.15) is 55.8 Å². The van der Waals surface area contributed by atoms with Crippen molar-refractivity contribution in [3.05, 3.63) is 64.5 Å². The minimum atomic E-state index is -0.115. The van der Waals surface area contributed by atoms with E-state index in [0.717, 1.165) is 42.8 Å². The number of hydrogen-bond acceptors (Lipinski definition) is 3. The van der Waals surface area contributed by atoms with Gasteiger partial charge in [-0.05, 0) is 86.8 Å². The van der Waals surface area contributed by atoms with Crippen molar-refractivity contribution >= 4 is 11.4 Å². The number of rotatable bonds is 2. The second-order valence-corrected chi connectivity index (χ2v) is 8.80. The van der Waals surface area contributed by atoms with E-state index >= 15 is 0 Å². The van der Waals surface area contributed by atoms with Crippen molar-refractivity contribution in [3.63, 3.8) is 0 Å². The Morgan fingerprint density at radius 3 is 2.96 bits per heavy atom. The standard InChI is InChI=1S/C24H28N2O/c1-15-23(4-3-11-25-15)26-18-6-8-21-17(12-18)5-7-22-20-14-19(27)13-16(20)9-10-24(21,22)2/h3-4,6,8,11-12,16,19,26-27H,5,7,9-10,13-14H2,1-2H3. The monoisotopic (exact) mass is 360 g/mol. The molecular weight excluding hydrogens is 332 g/mol. The van der Waals surface area contributed by atoms with Crippen LogP contribution in [0.5, 0.6) is 0 Å². The SMILES string of the molecule is Cc1ncccc1Nc1ccc2c(c1)CCC1=C3CC(O)CC3CCC12C. The first-order chi connectivity index (χ1) is 13.0. The first kappa shape index (κ1) is 17.0. The van der Waals surface area contributed by atoms with Crippen LogP contribution in [-0.4, -0.2) is 16.2 Å². The Morgan fingerprint density at radius 1 is 1.22 bits per heavy atom. The fourth-order valence-electron chi connectivity index (χ4n) is 5.79.